The largest absolute Gasteiger partial charge is 0.373 e. The lowest BCUT2D eigenvalue weighted by Crippen LogP contribution is -2.65. The summed E-state index contributed by atoms with van der Waals surface area (Å²) in [5, 5.41) is 0. The van der Waals surface area contributed by atoms with E-state index >= 15 is 0 Å². The van der Waals surface area contributed by atoms with E-state index in [1.165, 1.54) is 32.1 Å². The Hall–Kier alpha value is -0.120. The van der Waals surface area contributed by atoms with Gasteiger partial charge in [-0.05, 0) is 32.6 Å². The molecule has 18 heavy (non-hydrogen) atoms. The fourth-order valence-corrected chi connectivity index (χ4v) is 4.09. The Balaban J connectivity index is 2.19. The van der Waals surface area contributed by atoms with Crippen molar-refractivity contribution in [1.82, 2.24) is 4.90 Å². The summed E-state index contributed by atoms with van der Waals surface area (Å²) in [5.41, 5.74) is 6.47. The second kappa shape index (κ2) is 5.48. The monoisotopic (exact) mass is 254 g/mol. The number of hydrogen-bond acceptors (Lipinski definition) is 3. The minimum absolute atomic E-state index is 0.0177. The molecular formula is C15H30N2O. The van der Waals surface area contributed by atoms with Crippen molar-refractivity contribution < 1.29 is 4.74 Å². The van der Waals surface area contributed by atoms with Gasteiger partial charge in [-0.1, -0.05) is 26.2 Å². The second-order valence-corrected chi connectivity index (χ2v) is 6.69. The van der Waals surface area contributed by atoms with E-state index in [1.807, 2.05) is 0 Å². The summed E-state index contributed by atoms with van der Waals surface area (Å²) in [6.45, 7) is 10.5. The van der Waals surface area contributed by atoms with Crippen LogP contribution in [-0.2, 0) is 4.74 Å². The van der Waals surface area contributed by atoms with Crippen LogP contribution >= 0.6 is 0 Å². The molecule has 0 radical (unpaired) electrons. The van der Waals surface area contributed by atoms with Crippen molar-refractivity contribution in [2.45, 2.75) is 64.0 Å². The van der Waals surface area contributed by atoms with E-state index in [0.29, 0.717) is 0 Å². The van der Waals surface area contributed by atoms with Gasteiger partial charge in [0.25, 0.3) is 0 Å². The summed E-state index contributed by atoms with van der Waals surface area (Å²) in [6.07, 6.45) is 6.61. The van der Waals surface area contributed by atoms with Gasteiger partial charge in [-0.2, -0.15) is 0 Å². The highest BCUT2D eigenvalue weighted by Gasteiger charge is 2.46. The first kappa shape index (κ1) is 14.3. The molecule has 2 aliphatic rings. The minimum Gasteiger partial charge on any atom is -0.373 e. The number of nitrogens with zero attached hydrogens (tertiary/aromatic N) is 1. The van der Waals surface area contributed by atoms with Gasteiger partial charge in [-0.15, -0.1) is 0 Å². The van der Waals surface area contributed by atoms with Crippen LogP contribution < -0.4 is 5.73 Å². The maximum absolute atomic E-state index is 6.24. The molecule has 0 aromatic heterocycles. The number of rotatable bonds is 3. The average molecular weight is 254 g/mol. The van der Waals surface area contributed by atoms with Crippen LogP contribution in [0, 0.1) is 5.92 Å². The molecule has 0 amide bonds. The van der Waals surface area contributed by atoms with E-state index in [1.54, 1.807) is 0 Å². The van der Waals surface area contributed by atoms with Crippen LogP contribution in [-0.4, -0.2) is 42.3 Å². The topological polar surface area (TPSA) is 38.5 Å². The SMILES string of the molecule is CCC1CCCCC1(CN)N1CCOC(C)(C)C1. The minimum atomic E-state index is -0.0177. The summed E-state index contributed by atoms with van der Waals surface area (Å²) in [4.78, 5) is 2.66. The van der Waals surface area contributed by atoms with E-state index in [4.69, 9.17) is 10.5 Å². The van der Waals surface area contributed by atoms with E-state index < -0.39 is 0 Å². The van der Waals surface area contributed by atoms with Crippen LogP contribution in [0.2, 0.25) is 0 Å². The predicted octanol–water partition coefficient (Wildman–Crippen LogP) is 2.39. The fraction of sp³-hybridized carbons (Fsp3) is 1.00. The first-order chi connectivity index (χ1) is 8.54. The molecule has 0 spiro atoms. The van der Waals surface area contributed by atoms with Gasteiger partial charge in [-0.25, -0.2) is 0 Å². The Morgan fingerprint density at radius 1 is 1.33 bits per heavy atom. The highest BCUT2D eigenvalue weighted by Crippen LogP contribution is 2.41. The molecule has 3 heteroatoms. The van der Waals surface area contributed by atoms with Crippen molar-refractivity contribution in [3.8, 4) is 0 Å². The number of morpholine rings is 1. The number of hydrogen-bond donors (Lipinski definition) is 1. The van der Waals surface area contributed by atoms with Crippen molar-refractivity contribution in [3.63, 3.8) is 0 Å². The van der Waals surface area contributed by atoms with Crippen LogP contribution in [0.1, 0.15) is 52.9 Å². The lowest BCUT2D eigenvalue weighted by atomic mass is 9.69. The molecule has 0 bridgehead atoms. The second-order valence-electron chi connectivity index (χ2n) is 6.69. The Morgan fingerprint density at radius 2 is 2.11 bits per heavy atom. The third-order valence-electron chi connectivity index (χ3n) is 5.07. The predicted molar refractivity (Wildman–Crippen MR) is 75.6 cm³/mol. The number of nitrogens with two attached hydrogens (primary N) is 1. The zero-order chi connectivity index (χ0) is 13.2. The maximum atomic E-state index is 6.24. The van der Waals surface area contributed by atoms with Crippen LogP contribution in [0.25, 0.3) is 0 Å². The van der Waals surface area contributed by atoms with Crippen LogP contribution in [0.5, 0.6) is 0 Å². The molecule has 106 valence electrons. The zero-order valence-corrected chi connectivity index (χ0v) is 12.4. The fourth-order valence-electron chi connectivity index (χ4n) is 4.09. The van der Waals surface area contributed by atoms with Crippen LogP contribution in [0.15, 0.2) is 0 Å². The molecule has 3 nitrogen and oxygen atoms in total. The summed E-state index contributed by atoms with van der Waals surface area (Å²) in [6, 6.07) is 0. The number of ether oxygens (including phenoxy) is 1. The molecular weight excluding hydrogens is 224 g/mol. The molecule has 2 fully saturated rings. The molecule has 0 aromatic rings. The van der Waals surface area contributed by atoms with Gasteiger partial charge in [-0.3, -0.25) is 4.90 Å². The summed E-state index contributed by atoms with van der Waals surface area (Å²) in [5.74, 6) is 0.769. The van der Waals surface area contributed by atoms with Crippen LogP contribution in [0.3, 0.4) is 0 Å². The van der Waals surface area contributed by atoms with E-state index in [2.05, 4.69) is 25.7 Å². The summed E-state index contributed by atoms with van der Waals surface area (Å²) >= 11 is 0. The average Bonchev–Trinajstić information content (AvgIpc) is 2.37. The van der Waals surface area contributed by atoms with E-state index in [0.717, 1.165) is 32.2 Å². The third-order valence-corrected chi connectivity index (χ3v) is 5.07. The first-order valence-corrected chi connectivity index (χ1v) is 7.63. The van der Waals surface area contributed by atoms with Gasteiger partial charge in [0.2, 0.25) is 0 Å². The highest BCUT2D eigenvalue weighted by atomic mass is 16.5. The Kier molecular flexibility index (Phi) is 4.35. The van der Waals surface area contributed by atoms with Crippen molar-refractivity contribution in [1.29, 1.82) is 0 Å². The molecule has 1 aliphatic heterocycles. The quantitative estimate of drug-likeness (QED) is 0.840. The van der Waals surface area contributed by atoms with Gasteiger partial charge in [0.05, 0.1) is 12.2 Å². The molecule has 0 aromatic carbocycles. The van der Waals surface area contributed by atoms with Gasteiger partial charge in [0, 0.05) is 25.2 Å². The molecule has 1 saturated carbocycles. The van der Waals surface area contributed by atoms with Crippen molar-refractivity contribution in [2.75, 3.05) is 26.2 Å². The van der Waals surface area contributed by atoms with Gasteiger partial charge in [0.15, 0.2) is 0 Å². The highest BCUT2D eigenvalue weighted by molar-refractivity contribution is 5.01. The van der Waals surface area contributed by atoms with Crippen LogP contribution in [0.4, 0.5) is 0 Å². The summed E-state index contributed by atoms with van der Waals surface area (Å²) < 4.78 is 5.86. The molecule has 2 unspecified atom stereocenters. The van der Waals surface area contributed by atoms with Gasteiger partial charge < -0.3 is 10.5 Å². The van der Waals surface area contributed by atoms with E-state index in [-0.39, 0.29) is 11.1 Å². The molecule has 1 heterocycles. The molecule has 2 rings (SSSR count). The first-order valence-electron chi connectivity index (χ1n) is 7.63. The molecule has 1 saturated heterocycles. The smallest absolute Gasteiger partial charge is 0.0753 e. The lowest BCUT2D eigenvalue weighted by molar-refractivity contribution is -0.133. The molecule has 2 N–H and O–H groups in total. The molecule has 2 atom stereocenters. The van der Waals surface area contributed by atoms with Crippen molar-refractivity contribution >= 4 is 0 Å². The zero-order valence-electron chi connectivity index (χ0n) is 12.4. The Morgan fingerprint density at radius 3 is 2.72 bits per heavy atom. The third kappa shape index (κ3) is 2.59. The summed E-state index contributed by atoms with van der Waals surface area (Å²) in [7, 11) is 0. The van der Waals surface area contributed by atoms with Crippen molar-refractivity contribution in [3.05, 3.63) is 0 Å². The Bertz CT molecular complexity index is 280. The standard InChI is InChI=1S/C15H30N2O/c1-4-13-7-5-6-8-15(13,11-16)17-9-10-18-14(2,3)12-17/h13H,4-12,16H2,1-3H3. The van der Waals surface area contributed by atoms with E-state index in [9.17, 15) is 0 Å². The van der Waals surface area contributed by atoms with Gasteiger partial charge >= 0.3 is 0 Å². The normalized spacial score (nSPS) is 37.7. The Labute approximate surface area is 112 Å². The maximum Gasteiger partial charge on any atom is 0.0753 e. The lowest BCUT2D eigenvalue weighted by Gasteiger charge is -2.54. The molecule has 1 aliphatic carbocycles. The van der Waals surface area contributed by atoms with Crippen molar-refractivity contribution in [2.24, 2.45) is 11.7 Å². The van der Waals surface area contributed by atoms with Gasteiger partial charge in [0.1, 0.15) is 0 Å².